The lowest BCUT2D eigenvalue weighted by Crippen LogP contribution is -2.45. The summed E-state index contributed by atoms with van der Waals surface area (Å²) in [6, 6.07) is 4.80. The minimum Gasteiger partial charge on any atom is -0.353 e. The van der Waals surface area contributed by atoms with Crippen molar-refractivity contribution < 1.29 is 18.0 Å². The SMILES string of the molecule is NCC1CCCCC1NC(=O)Cc1ccc(C(F)(F)F)cc1. The molecular weight excluding hydrogens is 293 g/mol. The molecule has 3 nitrogen and oxygen atoms in total. The highest BCUT2D eigenvalue weighted by atomic mass is 19.4. The molecule has 22 heavy (non-hydrogen) atoms. The molecule has 1 aromatic carbocycles. The number of carbonyl (C=O) groups excluding carboxylic acids is 1. The van der Waals surface area contributed by atoms with Gasteiger partial charge in [0.2, 0.25) is 5.91 Å². The molecule has 1 amide bonds. The van der Waals surface area contributed by atoms with Crippen molar-refractivity contribution in [1.29, 1.82) is 0 Å². The smallest absolute Gasteiger partial charge is 0.353 e. The van der Waals surface area contributed by atoms with E-state index in [0.29, 0.717) is 18.0 Å². The fourth-order valence-corrected chi connectivity index (χ4v) is 2.93. The van der Waals surface area contributed by atoms with E-state index in [2.05, 4.69) is 5.32 Å². The van der Waals surface area contributed by atoms with Crippen molar-refractivity contribution in [3.63, 3.8) is 0 Å². The van der Waals surface area contributed by atoms with E-state index >= 15 is 0 Å². The van der Waals surface area contributed by atoms with E-state index in [-0.39, 0.29) is 18.4 Å². The zero-order valence-electron chi connectivity index (χ0n) is 12.3. The van der Waals surface area contributed by atoms with Crippen LogP contribution in [0.25, 0.3) is 0 Å². The molecule has 6 heteroatoms. The molecule has 0 heterocycles. The predicted octanol–water partition coefficient (Wildman–Crippen LogP) is 2.88. The van der Waals surface area contributed by atoms with Gasteiger partial charge in [0, 0.05) is 6.04 Å². The molecule has 1 aliphatic carbocycles. The monoisotopic (exact) mass is 314 g/mol. The number of hydrogen-bond donors (Lipinski definition) is 2. The molecule has 3 N–H and O–H groups in total. The van der Waals surface area contributed by atoms with Crippen LogP contribution in [0.1, 0.15) is 36.8 Å². The van der Waals surface area contributed by atoms with E-state index in [1.165, 1.54) is 12.1 Å². The van der Waals surface area contributed by atoms with Gasteiger partial charge >= 0.3 is 6.18 Å². The number of halogens is 3. The number of nitrogens with one attached hydrogen (secondary N) is 1. The Morgan fingerprint density at radius 1 is 1.18 bits per heavy atom. The Labute approximate surface area is 128 Å². The first-order valence-corrected chi connectivity index (χ1v) is 7.55. The highest BCUT2D eigenvalue weighted by Gasteiger charge is 2.30. The summed E-state index contributed by atoms with van der Waals surface area (Å²) in [4.78, 5) is 12.0. The van der Waals surface area contributed by atoms with Crippen LogP contribution in [-0.2, 0) is 17.4 Å². The van der Waals surface area contributed by atoms with E-state index in [4.69, 9.17) is 5.73 Å². The number of benzene rings is 1. The van der Waals surface area contributed by atoms with Crippen LogP contribution in [0.3, 0.4) is 0 Å². The molecule has 0 saturated heterocycles. The van der Waals surface area contributed by atoms with Gasteiger partial charge in [0.1, 0.15) is 0 Å². The third-order valence-electron chi connectivity index (χ3n) is 4.20. The van der Waals surface area contributed by atoms with Crippen LogP contribution in [0.5, 0.6) is 0 Å². The first kappa shape index (κ1) is 16.8. The van der Waals surface area contributed by atoms with Gasteiger partial charge in [0.15, 0.2) is 0 Å². The number of alkyl halides is 3. The molecule has 1 aliphatic rings. The van der Waals surface area contributed by atoms with Crippen LogP contribution < -0.4 is 11.1 Å². The number of hydrogen-bond acceptors (Lipinski definition) is 2. The first-order valence-electron chi connectivity index (χ1n) is 7.55. The van der Waals surface area contributed by atoms with Crippen LogP contribution in [0.4, 0.5) is 13.2 Å². The normalized spacial score (nSPS) is 22.4. The fourth-order valence-electron chi connectivity index (χ4n) is 2.93. The minimum atomic E-state index is -4.35. The van der Waals surface area contributed by atoms with Gasteiger partial charge in [-0.3, -0.25) is 4.79 Å². The maximum Gasteiger partial charge on any atom is 0.416 e. The first-order chi connectivity index (χ1) is 10.4. The molecule has 0 radical (unpaired) electrons. The van der Waals surface area contributed by atoms with Crippen LogP contribution in [0.2, 0.25) is 0 Å². The quantitative estimate of drug-likeness (QED) is 0.898. The summed E-state index contributed by atoms with van der Waals surface area (Å²) in [5, 5.41) is 2.97. The standard InChI is InChI=1S/C16H21F3N2O/c17-16(18,19)13-7-5-11(6-8-13)9-15(22)21-14-4-2-1-3-12(14)10-20/h5-8,12,14H,1-4,9-10,20H2,(H,21,22). The van der Waals surface area contributed by atoms with Gasteiger partial charge in [-0.05, 0) is 43.0 Å². The van der Waals surface area contributed by atoms with Crippen molar-refractivity contribution >= 4 is 5.91 Å². The van der Waals surface area contributed by atoms with Crippen LogP contribution in [0, 0.1) is 5.92 Å². The van der Waals surface area contributed by atoms with Gasteiger partial charge in [-0.2, -0.15) is 13.2 Å². The molecule has 1 aromatic rings. The molecule has 2 unspecified atom stereocenters. The van der Waals surface area contributed by atoms with Gasteiger partial charge in [-0.15, -0.1) is 0 Å². The lowest BCUT2D eigenvalue weighted by atomic mass is 9.84. The highest BCUT2D eigenvalue weighted by Crippen LogP contribution is 2.29. The summed E-state index contributed by atoms with van der Waals surface area (Å²) in [5.41, 5.74) is 5.59. The lowest BCUT2D eigenvalue weighted by Gasteiger charge is -2.31. The molecule has 0 bridgehead atoms. The summed E-state index contributed by atoms with van der Waals surface area (Å²) in [7, 11) is 0. The number of nitrogens with two attached hydrogens (primary N) is 1. The Bertz CT molecular complexity index is 499. The van der Waals surface area contributed by atoms with Crippen molar-refractivity contribution in [1.82, 2.24) is 5.32 Å². The Kier molecular flexibility index (Phi) is 5.45. The van der Waals surface area contributed by atoms with E-state index in [9.17, 15) is 18.0 Å². The highest BCUT2D eigenvalue weighted by molar-refractivity contribution is 5.78. The largest absolute Gasteiger partial charge is 0.416 e. The van der Waals surface area contributed by atoms with Crippen molar-refractivity contribution in [3.8, 4) is 0 Å². The molecular formula is C16H21F3N2O. The molecule has 0 spiro atoms. The van der Waals surface area contributed by atoms with E-state index in [1.54, 1.807) is 0 Å². The maximum absolute atomic E-state index is 12.5. The molecule has 122 valence electrons. The van der Waals surface area contributed by atoms with Crippen molar-refractivity contribution in [2.45, 2.75) is 44.3 Å². The van der Waals surface area contributed by atoms with E-state index < -0.39 is 11.7 Å². The Hall–Kier alpha value is -1.56. The van der Waals surface area contributed by atoms with Crippen LogP contribution in [0.15, 0.2) is 24.3 Å². The summed E-state index contributed by atoms with van der Waals surface area (Å²) in [6.07, 6.45) is -0.125. The molecule has 0 aliphatic heterocycles. The van der Waals surface area contributed by atoms with Crippen molar-refractivity contribution in [2.75, 3.05) is 6.54 Å². The Morgan fingerprint density at radius 2 is 1.82 bits per heavy atom. The van der Waals surface area contributed by atoms with E-state index in [1.807, 2.05) is 0 Å². The topological polar surface area (TPSA) is 55.1 Å². The van der Waals surface area contributed by atoms with E-state index in [0.717, 1.165) is 37.8 Å². The van der Waals surface area contributed by atoms with Gasteiger partial charge in [0.05, 0.1) is 12.0 Å². The summed E-state index contributed by atoms with van der Waals surface area (Å²) in [5.74, 6) is 0.135. The number of amides is 1. The second-order valence-corrected chi connectivity index (χ2v) is 5.83. The Balaban J connectivity index is 1.91. The maximum atomic E-state index is 12.5. The molecule has 0 aromatic heterocycles. The Morgan fingerprint density at radius 3 is 2.41 bits per heavy atom. The van der Waals surface area contributed by atoms with Gasteiger partial charge in [-0.1, -0.05) is 25.0 Å². The zero-order chi connectivity index (χ0) is 16.2. The third-order valence-corrected chi connectivity index (χ3v) is 4.20. The zero-order valence-corrected chi connectivity index (χ0v) is 12.3. The van der Waals surface area contributed by atoms with Gasteiger partial charge < -0.3 is 11.1 Å². The molecule has 2 rings (SSSR count). The lowest BCUT2D eigenvalue weighted by molar-refractivity contribution is -0.137. The van der Waals surface area contributed by atoms with Crippen molar-refractivity contribution in [3.05, 3.63) is 35.4 Å². The average molecular weight is 314 g/mol. The van der Waals surface area contributed by atoms with Crippen LogP contribution in [-0.4, -0.2) is 18.5 Å². The van der Waals surface area contributed by atoms with Crippen LogP contribution >= 0.6 is 0 Å². The molecule has 1 fully saturated rings. The minimum absolute atomic E-state index is 0.0840. The summed E-state index contributed by atoms with van der Waals surface area (Å²) in [6.45, 7) is 0.547. The predicted molar refractivity (Wildman–Crippen MR) is 78.1 cm³/mol. The fraction of sp³-hybridized carbons (Fsp3) is 0.562. The second kappa shape index (κ2) is 7.13. The third kappa shape index (κ3) is 4.47. The average Bonchev–Trinajstić information content (AvgIpc) is 2.47. The second-order valence-electron chi connectivity index (χ2n) is 5.83. The molecule has 2 atom stereocenters. The van der Waals surface area contributed by atoms with Gasteiger partial charge in [-0.25, -0.2) is 0 Å². The number of rotatable bonds is 4. The summed E-state index contributed by atoms with van der Waals surface area (Å²) < 4.78 is 37.4. The van der Waals surface area contributed by atoms with Crippen molar-refractivity contribution in [2.24, 2.45) is 11.7 Å². The summed E-state index contributed by atoms with van der Waals surface area (Å²) >= 11 is 0. The van der Waals surface area contributed by atoms with Gasteiger partial charge in [0.25, 0.3) is 0 Å². The number of carbonyl (C=O) groups is 1. The molecule has 1 saturated carbocycles.